The standard InChI is InChI=1S/C28H25F3N6/c1-18(20-7-4-3-5-8-20)34-27-33-13-11-23(35-27)26-25(21-9-6-10-22(16-21)28(29,30)31)36-24-15-19(17-32-2)12-14-37(24)26/h3-16,18,32H,17H2,1-2H3,(H,33,34,35)/t18-/m0/s1. The minimum Gasteiger partial charge on any atom is -0.348 e. The Morgan fingerprint density at radius 3 is 2.51 bits per heavy atom. The summed E-state index contributed by atoms with van der Waals surface area (Å²) >= 11 is 0. The van der Waals surface area contributed by atoms with E-state index in [2.05, 4.69) is 15.6 Å². The van der Waals surface area contributed by atoms with Crippen LogP contribution in [-0.4, -0.2) is 26.4 Å². The molecule has 37 heavy (non-hydrogen) atoms. The second-order valence-electron chi connectivity index (χ2n) is 8.72. The van der Waals surface area contributed by atoms with Crippen molar-refractivity contribution in [1.82, 2.24) is 24.7 Å². The summed E-state index contributed by atoms with van der Waals surface area (Å²) in [6.45, 7) is 2.65. The average Bonchev–Trinajstić information content (AvgIpc) is 3.28. The predicted molar refractivity (Wildman–Crippen MR) is 138 cm³/mol. The van der Waals surface area contributed by atoms with Crippen LogP contribution in [-0.2, 0) is 12.7 Å². The second kappa shape index (κ2) is 10.0. The van der Waals surface area contributed by atoms with Crippen molar-refractivity contribution in [2.45, 2.75) is 25.7 Å². The Morgan fingerprint density at radius 2 is 1.76 bits per heavy atom. The van der Waals surface area contributed by atoms with Crippen molar-refractivity contribution in [2.24, 2.45) is 0 Å². The van der Waals surface area contributed by atoms with Crippen LogP contribution in [0, 0.1) is 0 Å². The fourth-order valence-electron chi connectivity index (χ4n) is 4.27. The average molecular weight is 503 g/mol. The number of pyridine rings is 1. The molecule has 0 aliphatic rings. The lowest BCUT2D eigenvalue weighted by Gasteiger charge is -2.15. The van der Waals surface area contributed by atoms with Crippen molar-refractivity contribution in [3.8, 4) is 22.6 Å². The normalized spacial score (nSPS) is 12.6. The highest BCUT2D eigenvalue weighted by molar-refractivity contribution is 5.81. The van der Waals surface area contributed by atoms with Crippen molar-refractivity contribution < 1.29 is 13.2 Å². The highest BCUT2D eigenvalue weighted by Crippen LogP contribution is 2.36. The first-order valence-electron chi connectivity index (χ1n) is 11.8. The third-order valence-corrected chi connectivity index (χ3v) is 6.08. The lowest BCUT2D eigenvalue weighted by molar-refractivity contribution is -0.137. The Labute approximate surface area is 212 Å². The van der Waals surface area contributed by atoms with Crippen LogP contribution in [0.5, 0.6) is 0 Å². The number of hydrogen-bond acceptors (Lipinski definition) is 5. The molecule has 0 aliphatic carbocycles. The van der Waals surface area contributed by atoms with Gasteiger partial charge in [0, 0.05) is 24.5 Å². The van der Waals surface area contributed by atoms with Crippen LogP contribution in [0.3, 0.4) is 0 Å². The molecule has 0 fully saturated rings. The van der Waals surface area contributed by atoms with Gasteiger partial charge in [-0.1, -0.05) is 42.5 Å². The van der Waals surface area contributed by atoms with Gasteiger partial charge >= 0.3 is 6.18 Å². The van der Waals surface area contributed by atoms with Gasteiger partial charge in [0.25, 0.3) is 0 Å². The molecule has 0 amide bonds. The van der Waals surface area contributed by atoms with E-state index in [1.165, 1.54) is 6.07 Å². The molecule has 188 valence electrons. The number of nitrogens with zero attached hydrogens (tertiary/aromatic N) is 4. The Morgan fingerprint density at radius 1 is 0.946 bits per heavy atom. The summed E-state index contributed by atoms with van der Waals surface area (Å²) in [5.41, 5.74) is 3.86. The summed E-state index contributed by atoms with van der Waals surface area (Å²) in [6.07, 6.45) is -0.967. The molecule has 0 aliphatic heterocycles. The molecule has 5 rings (SSSR count). The summed E-state index contributed by atoms with van der Waals surface area (Å²) in [4.78, 5) is 13.9. The molecule has 0 radical (unpaired) electrons. The molecule has 3 aromatic heterocycles. The minimum absolute atomic E-state index is 0.0503. The van der Waals surface area contributed by atoms with E-state index in [-0.39, 0.29) is 6.04 Å². The van der Waals surface area contributed by atoms with Gasteiger partial charge in [-0.3, -0.25) is 4.40 Å². The van der Waals surface area contributed by atoms with Crippen LogP contribution in [0.15, 0.2) is 85.2 Å². The third kappa shape index (κ3) is 5.17. The number of hydrogen-bond donors (Lipinski definition) is 2. The summed E-state index contributed by atoms with van der Waals surface area (Å²) in [5.74, 6) is 0.408. The van der Waals surface area contributed by atoms with Gasteiger partial charge in [-0.05, 0) is 55.4 Å². The number of rotatable bonds is 7. The van der Waals surface area contributed by atoms with Crippen molar-refractivity contribution in [3.63, 3.8) is 0 Å². The van der Waals surface area contributed by atoms with E-state index in [1.807, 2.05) is 67.0 Å². The molecule has 0 spiro atoms. The van der Waals surface area contributed by atoms with Crippen LogP contribution >= 0.6 is 0 Å². The van der Waals surface area contributed by atoms with Crippen molar-refractivity contribution in [2.75, 3.05) is 12.4 Å². The van der Waals surface area contributed by atoms with Gasteiger partial charge in [0.15, 0.2) is 0 Å². The first-order chi connectivity index (χ1) is 17.8. The molecule has 9 heteroatoms. The predicted octanol–water partition coefficient (Wildman–Crippen LogP) is 6.37. The van der Waals surface area contributed by atoms with E-state index in [4.69, 9.17) is 9.97 Å². The molecular formula is C28H25F3N6. The zero-order chi connectivity index (χ0) is 26.0. The Hall–Kier alpha value is -4.24. The van der Waals surface area contributed by atoms with E-state index in [0.717, 1.165) is 23.3 Å². The third-order valence-electron chi connectivity index (χ3n) is 6.08. The van der Waals surface area contributed by atoms with Crippen molar-refractivity contribution in [1.29, 1.82) is 0 Å². The molecule has 3 heterocycles. The van der Waals surface area contributed by atoms with E-state index in [1.54, 1.807) is 18.3 Å². The molecular weight excluding hydrogens is 477 g/mol. The molecule has 0 bridgehead atoms. The van der Waals surface area contributed by atoms with Gasteiger partial charge in [0.05, 0.1) is 28.7 Å². The number of halogens is 3. The number of imidazole rings is 1. The Kier molecular flexibility index (Phi) is 6.62. The van der Waals surface area contributed by atoms with Crippen molar-refractivity contribution >= 4 is 11.6 Å². The molecule has 2 N–H and O–H groups in total. The van der Waals surface area contributed by atoms with E-state index >= 15 is 0 Å². The molecule has 0 saturated carbocycles. The maximum atomic E-state index is 13.5. The van der Waals surface area contributed by atoms with Gasteiger partial charge in [-0.25, -0.2) is 15.0 Å². The lowest BCUT2D eigenvalue weighted by atomic mass is 10.0. The van der Waals surface area contributed by atoms with Crippen LogP contribution in [0.2, 0.25) is 0 Å². The number of fused-ring (bicyclic) bond motifs is 1. The van der Waals surface area contributed by atoms with Gasteiger partial charge in [-0.15, -0.1) is 0 Å². The quantitative estimate of drug-likeness (QED) is 0.271. The van der Waals surface area contributed by atoms with Gasteiger partial charge in [0.1, 0.15) is 5.65 Å². The van der Waals surface area contributed by atoms with Gasteiger partial charge < -0.3 is 10.6 Å². The molecule has 0 saturated heterocycles. The number of anilines is 1. The highest BCUT2D eigenvalue weighted by Gasteiger charge is 2.31. The van der Waals surface area contributed by atoms with Crippen LogP contribution in [0.4, 0.5) is 19.1 Å². The van der Waals surface area contributed by atoms with E-state index < -0.39 is 11.7 Å². The fourth-order valence-corrected chi connectivity index (χ4v) is 4.27. The molecule has 2 aromatic carbocycles. The summed E-state index contributed by atoms with van der Waals surface area (Å²) in [5, 5.41) is 6.42. The number of alkyl halides is 3. The Bertz CT molecular complexity index is 1530. The minimum atomic E-state index is -4.46. The highest BCUT2D eigenvalue weighted by atomic mass is 19.4. The fraction of sp³-hybridized carbons (Fsp3) is 0.179. The number of benzene rings is 2. The first kappa shape index (κ1) is 24.5. The zero-order valence-electron chi connectivity index (χ0n) is 20.3. The zero-order valence-corrected chi connectivity index (χ0v) is 20.3. The number of aromatic nitrogens is 4. The molecule has 6 nitrogen and oxygen atoms in total. The number of nitrogens with one attached hydrogen (secondary N) is 2. The van der Waals surface area contributed by atoms with Crippen LogP contribution in [0.25, 0.3) is 28.3 Å². The topological polar surface area (TPSA) is 67.1 Å². The maximum absolute atomic E-state index is 13.5. The van der Waals surface area contributed by atoms with E-state index in [0.29, 0.717) is 40.8 Å². The SMILES string of the molecule is CNCc1ccn2c(-c3ccnc(N[C@@H](C)c4ccccc4)n3)c(-c3cccc(C(F)(F)F)c3)nc2c1. The molecule has 1 atom stereocenters. The first-order valence-corrected chi connectivity index (χ1v) is 11.8. The second-order valence-corrected chi connectivity index (χ2v) is 8.72. The monoisotopic (exact) mass is 502 g/mol. The maximum Gasteiger partial charge on any atom is 0.416 e. The lowest BCUT2D eigenvalue weighted by Crippen LogP contribution is -2.09. The Balaban J connectivity index is 1.63. The molecule has 0 unspecified atom stereocenters. The van der Waals surface area contributed by atoms with Gasteiger partial charge in [-0.2, -0.15) is 13.2 Å². The van der Waals surface area contributed by atoms with E-state index in [9.17, 15) is 13.2 Å². The molecule has 5 aromatic rings. The van der Waals surface area contributed by atoms with Crippen molar-refractivity contribution in [3.05, 3.63) is 102 Å². The largest absolute Gasteiger partial charge is 0.416 e. The smallest absolute Gasteiger partial charge is 0.348 e. The van der Waals surface area contributed by atoms with Crippen LogP contribution < -0.4 is 10.6 Å². The van der Waals surface area contributed by atoms with Gasteiger partial charge in [0.2, 0.25) is 5.95 Å². The summed E-state index contributed by atoms with van der Waals surface area (Å²) < 4.78 is 42.4. The summed E-state index contributed by atoms with van der Waals surface area (Å²) in [6, 6.07) is 20.7. The van der Waals surface area contributed by atoms with Crippen LogP contribution in [0.1, 0.15) is 29.7 Å². The summed E-state index contributed by atoms with van der Waals surface area (Å²) in [7, 11) is 1.85.